The van der Waals surface area contributed by atoms with E-state index in [1.54, 1.807) is 0 Å². The number of ether oxygens (including phenoxy) is 3. The largest absolute Gasteiger partial charge is 0.490 e. The highest BCUT2D eigenvalue weighted by atomic mass is 19.4. The number of pyridine rings is 1. The molecule has 3 aliphatic rings. The quantitative estimate of drug-likeness (QED) is 0.522. The third-order valence-corrected chi connectivity index (χ3v) is 6.12. The summed E-state index contributed by atoms with van der Waals surface area (Å²) in [5.74, 6) is -4.75. The van der Waals surface area contributed by atoms with E-state index >= 15 is 0 Å². The topological polar surface area (TPSA) is 118 Å². The number of alkyl halides is 6. The van der Waals surface area contributed by atoms with E-state index in [0.717, 1.165) is 32.3 Å². The van der Waals surface area contributed by atoms with Gasteiger partial charge in [-0.05, 0) is 49.3 Å². The molecule has 3 atom stereocenters. The highest BCUT2D eigenvalue weighted by Gasteiger charge is 2.45. The first kappa shape index (κ1) is 31.7. The molecule has 0 unspecified atom stereocenters. The van der Waals surface area contributed by atoms with Gasteiger partial charge < -0.3 is 24.4 Å². The fourth-order valence-electron chi connectivity index (χ4n) is 4.30. The van der Waals surface area contributed by atoms with Gasteiger partial charge in [0.15, 0.2) is 0 Å². The Morgan fingerprint density at radius 1 is 0.974 bits per heavy atom. The molecule has 2 N–H and O–H groups in total. The summed E-state index contributed by atoms with van der Waals surface area (Å²) in [7, 11) is 0. The normalized spacial score (nSPS) is 24.3. The summed E-state index contributed by atoms with van der Waals surface area (Å²) in [6.45, 7) is 5.53. The van der Waals surface area contributed by atoms with E-state index in [2.05, 4.69) is 9.88 Å². The van der Waals surface area contributed by atoms with Crippen LogP contribution >= 0.6 is 0 Å². The summed E-state index contributed by atoms with van der Waals surface area (Å²) in [5, 5.41) is 14.2. The molecule has 9 nitrogen and oxygen atoms in total. The number of halogens is 6. The lowest BCUT2D eigenvalue weighted by atomic mass is 9.97. The third kappa shape index (κ3) is 10.7. The van der Waals surface area contributed by atoms with Gasteiger partial charge in [-0.2, -0.15) is 26.3 Å². The smallest absolute Gasteiger partial charge is 0.475 e. The predicted molar refractivity (Wildman–Crippen MR) is 118 cm³/mol. The van der Waals surface area contributed by atoms with Crippen molar-refractivity contribution in [2.24, 2.45) is 5.92 Å². The van der Waals surface area contributed by atoms with E-state index < -0.39 is 24.3 Å². The Morgan fingerprint density at radius 2 is 1.53 bits per heavy atom. The van der Waals surface area contributed by atoms with Crippen LogP contribution in [-0.2, 0) is 30.4 Å². The molecule has 0 aliphatic carbocycles. The molecular weight excluding hydrogens is 530 g/mol. The van der Waals surface area contributed by atoms with Crippen molar-refractivity contribution in [1.82, 2.24) is 9.88 Å². The average molecular weight is 560 g/mol. The zero-order valence-electron chi connectivity index (χ0n) is 20.3. The van der Waals surface area contributed by atoms with Crippen LogP contribution in [0.2, 0.25) is 0 Å². The molecular formula is C23H30F6N2O7. The molecule has 3 fully saturated rings. The van der Waals surface area contributed by atoms with Gasteiger partial charge >= 0.3 is 24.3 Å². The summed E-state index contributed by atoms with van der Waals surface area (Å²) >= 11 is 0. The monoisotopic (exact) mass is 560 g/mol. The highest BCUT2D eigenvalue weighted by molar-refractivity contribution is 5.73. The Bertz CT molecular complexity index is 842. The SMILES string of the molecule is O=C(O)C(F)(F)F.O=C(O)C(F)(F)F.c1cc(CO[C@H]2CN(CC3CCOCC3)[C@@H]3CCCO[C@H]23)ccn1. The first-order chi connectivity index (χ1) is 17.8. The van der Waals surface area contributed by atoms with Gasteiger partial charge in [-0.3, -0.25) is 9.88 Å². The van der Waals surface area contributed by atoms with Gasteiger partial charge in [-0.1, -0.05) is 0 Å². The van der Waals surface area contributed by atoms with Crippen molar-refractivity contribution < 1.29 is 60.4 Å². The van der Waals surface area contributed by atoms with Gasteiger partial charge in [-0.15, -0.1) is 0 Å². The number of carboxylic acids is 2. The number of aromatic nitrogens is 1. The Kier molecular flexibility index (Phi) is 12.2. The van der Waals surface area contributed by atoms with E-state index in [0.29, 0.717) is 12.6 Å². The van der Waals surface area contributed by atoms with Crippen molar-refractivity contribution >= 4 is 11.9 Å². The van der Waals surface area contributed by atoms with Crippen molar-refractivity contribution in [3.05, 3.63) is 30.1 Å². The van der Waals surface area contributed by atoms with Crippen LogP contribution in [0.25, 0.3) is 0 Å². The third-order valence-electron chi connectivity index (χ3n) is 6.12. The molecule has 0 aromatic carbocycles. The first-order valence-corrected chi connectivity index (χ1v) is 11.8. The van der Waals surface area contributed by atoms with Gasteiger partial charge in [0.25, 0.3) is 0 Å². The molecule has 216 valence electrons. The van der Waals surface area contributed by atoms with Crippen molar-refractivity contribution in [1.29, 1.82) is 0 Å². The molecule has 4 heterocycles. The lowest BCUT2D eigenvalue weighted by Crippen LogP contribution is -2.43. The molecule has 0 bridgehead atoms. The second kappa shape index (κ2) is 14.6. The summed E-state index contributed by atoms with van der Waals surface area (Å²) < 4.78 is 81.4. The van der Waals surface area contributed by atoms with E-state index in [9.17, 15) is 26.3 Å². The number of aliphatic carboxylic acids is 2. The molecule has 15 heteroatoms. The van der Waals surface area contributed by atoms with Crippen molar-refractivity contribution in [3.8, 4) is 0 Å². The second-order valence-corrected chi connectivity index (χ2v) is 8.87. The van der Waals surface area contributed by atoms with Crippen LogP contribution in [0, 0.1) is 5.92 Å². The summed E-state index contributed by atoms with van der Waals surface area (Å²) in [6.07, 6.45) is -1.31. The van der Waals surface area contributed by atoms with E-state index in [1.807, 2.05) is 24.5 Å². The lowest BCUT2D eigenvalue weighted by molar-refractivity contribution is -0.193. The minimum absolute atomic E-state index is 0.184. The number of hydrogen-bond donors (Lipinski definition) is 2. The maximum absolute atomic E-state index is 10.6. The van der Waals surface area contributed by atoms with Crippen LogP contribution in [0.15, 0.2) is 24.5 Å². The molecule has 3 saturated heterocycles. The molecule has 0 spiro atoms. The fourth-order valence-corrected chi connectivity index (χ4v) is 4.30. The number of nitrogens with zero attached hydrogens (tertiary/aromatic N) is 2. The molecule has 1 aromatic heterocycles. The van der Waals surface area contributed by atoms with Crippen molar-refractivity contribution in [2.75, 3.05) is 32.9 Å². The molecule has 3 aliphatic heterocycles. The van der Waals surface area contributed by atoms with Crippen LogP contribution in [0.1, 0.15) is 31.2 Å². The number of carboxylic acid groups (broad SMARTS) is 2. The van der Waals surface area contributed by atoms with Gasteiger partial charge in [-0.25, -0.2) is 9.59 Å². The fraction of sp³-hybridized carbons (Fsp3) is 0.696. The predicted octanol–water partition coefficient (Wildman–Crippen LogP) is 3.52. The summed E-state index contributed by atoms with van der Waals surface area (Å²) in [5.41, 5.74) is 1.18. The van der Waals surface area contributed by atoms with E-state index in [4.69, 9.17) is 34.0 Å². The molecule has 38 heavy (non-hydrogen) atoms. The van der Waals surface area contributed by atoms with Crippen LogP contribution in [0.4, 0.5) is 26.3 Å². The standard InChI is InChI=1S/C19H28N2O3.2C2HF3O2/c1-2-17-19(23-9-1)18(24-14-16-3-7-20-8-4-16)13-21(17)12-15-5-10-22-11-6-15;2*3-2(4,5)1(6)7/h3-4,7-8,15,17-19H,1-2,5-6,9-14H2;2*(H,6,7)/t17-,18+,19+;;/m1../s1. The minimum atomic E-state index is -5.08. The van der Waals surface area contributed by atoms with Gasteiger partial charge in [0.05, 0.1) is 12.7 Å². The molecule has 0 saturated carbocycles. The summed E-state index contributed by atoms with van der Waals surface area (Å²) in [4.78, 5) is 24.5. The first-order valence-electron chi connectivity index (χ1n) is 11.8. The Hall–Kier alpha value is -2.49. The molecule has 1 aromatic rings. The van der Waals surface area contributed by atoms with Crippen LogP contribution in [0.5, 0.6) is 0 Å². The van der Waals surface area contributed by atoms with Gasteiger partial charge in [0, 0.05) is 51.3 Å². The lowest BCUT2D eigenvalue weighted by Gasteiger charge is -2.34. The average Bonchev–Trinajstić information content (AvgIpc) is 3.21. The Balaban J connectivity index is 0.000000301. The zero-order valence-corrected chi connectivity index (χ0v) is 20.3. The van der Waals surface area contributed by atoms with E-state index in [-0.39, 0.29) is 12.2 Å². The van der Waals surface area contributed by atoms with E-state index in [1.165, 1.54) is 37.8 Å². The van der Waals surface area contributed by atoms with Crippen LogP contribution < -0.4 is 0 Å². The van der Waals surface area contributed by atoms with Gasteiger partial charge in [0.1, 0.15) is 6.10 Å². The number of hydrogen-bond acceptors (Lipinski definition) is 7. The van der Waals surface area contributed by atoms with Crippen molar-refractivity contribution in [2.45, 2.75) is 62.9 Å². The molecule has 0 amide bonds. The molecule has 4 rings (SSSR count). The van der Waals surface area contributed by atoms with Crippen molar-refractivity contribution in [3.63, 3.8) is 0 Å². The zero-order chi connectivity index (χ0) is 28.3. The number of likely N-dealkylation sites (tertiary alicyclic amines) is 1. The van der Waals surface area contributed by atoms with Crippen LogP contribution in [-0.4, -0.2) is 95.5 Å². The number of rotatable bonds is 5. The Morgan fingerprint density at radius 3 is 2.05 bits per heavy atom. The number of carbonyl (C=O) groups is 2. The highest BCUT2D eigenvalue weighted by Crippen LogP contribution is 2.32. The Labute approximate surface area is 214 Å². The minimum Gasteiger partial charge on any atom is -0.475 e. The van der Waals surface area contributed by atoms with Gasteiger partial charge in [0.2, 0.25) is 0 Å². The van der Waals surface area contributed by atoms with Crippen LogP contribution in [0.3, 0.4) is 0 Å². The second-order valence-electron chi connectivity index (χ2n) is 8.87. The maximum atomic E-state index is 10.6. The number of fused-ring (bicyclic) bond motifs is 1. The maximum Gasteiger partial charge on any atom is 0.490 e. The summed E-state index contributed by atoms with van der Waals surface area (Å²) in [6, 6.07) is 4.58. The molecule has 0 radical (unpaired) electrons.